The van der Waals surface area contributed by atoms with Gasteiger partial charge in [-0.25, -0.2) is 4.68 Å². The summed E-state index contributed by atoms with van der Waals surface area (Å²) in [6, 6.07) is 23.7. The fourth-order valence-corrected chi connectivity index (χ4v) is 5.12. The molecule has 8 nitrogen and oxygen atoms in total. The third kappa shape index (κ3) is 4.27. The first kappa shape index (κ1) is 24.1. The monoisotopic (exact) mass is 507 g/mol. The Bertz CT molecular complexity index is 1510. The Morgan fingerprint density at radius 2 is 1.71 bits per heavy atom. The van der Waals surface area contributed by atoms with Gasteiger partial charge in [-0.3, -0.25) is 15.1 Å². The lowest BCUT2D eigenvalue weighted by Gasteiger charge is -2.29. The van der Waals surface area contributed by atoms with Crippen LogP contribution >= 0.6 is 0 Å². The van der Waals surface area contributed by atoms with Gasteiger partial charge in [0.15, 0.2) is 0 Å². The van der Waals surface area contributed by atoms with Gasteiger partial charge in [0.2, 0.25) is 0 Å². The van der Waals surface area contributed by atoms with Crippen LogP contribution < -0.4 is 10.4 Å². The van der Waals surface area contributed by atoms with Crippen molar-refractivity contribution < 1.29 is 14.4 Å². The molecule has 0 bridgehead atoms. The number of anilines is 1. The number of methoxy groups -OCH3 is 1. The van der Waals surface area contributed by atoms with Gasteiger partial charge in [0.1, 0.15) is 11.8 Å². The lowest BCUT2D eigenvalue weighted by Crippen LogP contribution is -2.39. The van der Waals surface area contributed by atoms with E-state index in [1.54, 1.807) is 12.0 Å². The summed E-state index contributed by atoms with van der Waals surface area (Å²) >= 11 is 0. The number of hydrogen-bond acceptors (Lipinski definition) is 6. The predicted molar refractivity (Wildman–Crippen MR) is 146 cm³/mol. The van der Waals surface area contributed by atoms with Crippen LogP contribution in [0.2, 0.25) is 0 Å². The van der Waals surface area contributed by atoms with Crippen LogP contribution in [0.4, 0.5) is 5.69 Å². The number of nitrogens with one attached hydrogen (secondary N) is 1. The van der Waals surface area contributed by atoms with Crippen LogP contribution in [-0.2, 0) is 22.7 Å². The molecule has 0 fully saturated rings. The van der Waals surface area contributed by atoms with E-state index in [1.165, 1.54) is 0 Å². The molecule has 2 aliphatic heterocycles. The Labute approximate surface area is 221 Å². The van der Waals surface area contributed by atoms with Gasteiger partial charge in [0, 0.05) is 30.3 Å². The van der Waals surface area contributed by atoms with Crippen molar-refractivity contribution in [1.82, 2.24) is 20.5 Å². The molecular formula is C30H29N5O3. The molecule has 0 aliphatic carbocycles. The molecule has 6 rings (SSSR count). The van der Waals surface area contributed by atoms with Crippen LogP contribution in [0.25, 0.3) is 28.2 Å². The van der Waals surface area contributed by atoms with Gasteiger partial charge in [-0.2, -0.15) is 0 Å². The highest BCUT2D eigenvalue weighted by atomic mass is 16.7. The van der Waals surface area contributed by atoms with Gasteiger partial charge in [0.25, 0.3) is 5.91 Å². The molecule has 1 N–H and O–H groups in total. The maximum atomic E-state index is 14.2. The van der Waals surface area contributed by atoms with Crippen molar-refractivity contribution in [1.29, 1.82) is 0 Å². The number of benzene rings is 3. The molecule has 2 aliphatic rings. The highest BCUT2D eigenvalue weighted by molar-refractivity contribution is 6.14. The molecular weight excluding hydrogens is 478 g/mol. The number of nitrogens with zero attached hydrogens (tertiary/aromatic N) is 4. The van der Waals surface area contributed by atoms with E-state index in [1.807, 2.05) is 83.6 Å². The summed E-state index contributed by atoms with van der Waals surface area (Å²) in [5, 5.41) is 9.06. The average Bonchev–Trinajstić information content (AvgIpc) is 3.59. The maximum absolute atomic E-state index is 14.2. The lowest BCUT2D eigenvalue weighted by molar-refractivity contribution is 0.0540. The van der Waals surface area contributed by atoms with E-state index in [4.69, 9.17) is 9.57 Å². The zero-order valence-corrected chi connectivity index (χ0v) is 21.4. The Kier molecular flexibility index (Phi) is 6.49. The second-order valence-corrected chi connectivity index (χ2v) is 9.46. The zero-order chi connectivity index (χ0) is 26.1. The minimum atomic E-state index is -0.345. The number of rotatable bonds is 7. The van der Waals surface area contributed by atoms with Crippen LogP contribution in [0.3, 0.4) is 0 Å². The normalized spacial score (nSPS) is 16.2. The van der Waals surface area contributed by atoms with E-state index in [0.29, 0.717) is 18.7 Å². The van der Waals surface area contributed by atoms with Crippen molar-refractivity contribution in [2.24, 2.45) is 0 Å². The number of hydroxylamine groups is 1. The van der Waals surface area contributed by atoms with Gasteiger partial charge in [-0.05, 0) is 35.8 Å². The van der Waals surface area contributed by atoms with E-state index in [9.17, 15) is 4.79 Å². The van der Waals surface area contributed by atoms with Crippen LogP contribution in [-0.4, -0.2) is 40.7 Å². The highest BCUT2D eigenvalue weighted by Crippen LogP contribution is 2.41. The van der Waals surface area contributed by atoms with Gasteiger partial charge in [-0.1, -0.05) is 72.8 Å². The molecule has 1 amide bonds. The Balaban J connectivity index is 1.39. The van der Waals surface area contributed by atoms with Gasteiger partial charge < -0.3 is 9.64 Å². The first-order chi connectivity index (χ1) is 18.7. The van der Waals surface area contributed by atoms with Crippen LogP contribution in [0.1, 0.15) is 34.8 Å². The predicted octanol–water partition coefficient (Wildman–Crippen LogP) is 5.07. The molecule has 1 unspecified atom stereocenters. The minimum Gasteiger partial charge on any atom is -0.380 e. The van der Waals surface area contributed by atoms with Crippen molar-refractivity contribution in [3.05, 3.63) is 95.6 Å². The quantitative estimate of drug-likeness (QED) is 0.376. The third-order valence-electron chi connectivity index (χ3n) is 6.89. The Hall–Kier alpha value is -4.27. The molecule has 38 heavy (non-hydrogen) atoms. The lowest BCUT2D eigenvalue weighted by atomic mass is 9.95. The first-order valence-corrected chi connectivity index (χ1v) is 12.8. The van der Waals surface area contributed by atoms with Crippen LogP contribution in [0, 0.1) is 0 Å². The topological polar surface area (TPSA) is 81.5 Å². The van der Waals surface area contributed by atoms with Crippen molar-refractivity contribution in [3.8, 4) is 22.5 Å². The SMILES string of the molecule is CCCn1nnc2c1-c1ccccc1C(=O)N(CC1C=C(c3ccc(COC)cc3)NO1)c1ccccc1-2. The highest BCUT2D eigenvalue weighted by Gasteiger charge is 2.33. The Morgan fingerprint density at radius 3 is 2.47 bits per heavy atom. The number of aryl methyl sites for hydroxylation is 1. The molecule has 0 spiro atoms. The van der Waals surface area contributed by atoms with Crippen LogP contribution in [0.15, 0.2) is 78.9 Å². The van der Waals surface area contributed by atoms with Crippen molar-refractivity contribution in [2.45, 2.75) is 32.6 Å². The number of fused-ring (bicyclic) bond motifs is 5. The number of hydrogen-bond donors (Lipinski definition) is 1. The van der Waals surface area contributed by atoms with E-state index < -0.39 is 0 Å². The second kappa shape index (κ2) is 10.2. The first-order valence-electron chi connectivity index (χ1n) is 12.8. The van der Waals surface area contributed by atoms with E-state index >= 15 is 0 Å². The summed E-state index contributed by atoms with van der Waals surface area (Å²) in [4.78, 5) is 21.9. The van der Waals surface area contributed by atoms with E-state index in [-0.39, 0.29) is 12.0 Å². The van der Waals surface area contributed by atoms with Crippen molar-refractivity contribution >= 4 is 17.3 Å². The standard InChI is InChI=1S/C30H29N5O3/c1-3-16-35-29-23-8-4-5-9-24(23)30(36)34(27-11-7-6-10-25(27)28(29)31-33-35)18-22-17-26(32-38-22)21-14-12-20(13-15-21)19-37-2/h4-15,17,22,32H,3,16,18-19H2,1-2H3. The fraction of sp³-hybridized carbons (Fsp3) is 0.233. The third-order valence-corrected chi connectivity index (χ3v) is 6.89. The molecule has 3 aromatic carbocycles. The molecule has 0 saturated heterocycles. The minimum absolute atomic E-state index is 0.0858. The molecule has 0 saturated carbocycles. The summed E-state index contributed by atoms with van der Waals surface area (Å²) in [6.45, 7) is 3.73. The van der Waals surface area contributed by atoms with Crippen LogP contribution in [0.5, 0.6) is 0 Å². The average molecular weight is 508 g/mol. The summed E-state index contributed by atoms with van der Waals surface area (Å²) in [5.41, 5.74) is 10.8. The Morgan fingerprint density at radius 1 is 0.974 bits per heavy atom. The van der Waals surface area contributed by atoms with Gasteiger partial charge in [0.05, 0.1) is 30.2 Å². The smallest absolute Gasteiger partial charge is 0.259 e. The molecule has 1 atom stereocenters. The summed E-state index contributed by atoms with van der Waals surface area (Å²) in [5.74, 6) is -0.0858. The fourth-order valence-electron chi connectivity index (χ4n) is 5.12. The van der Waals surface area contributed by atoms with Crippen molar-refractivity contribution in [3.63, 3.8) is 0 Å². The van der Waals surface area contributed by atoms with E-state index in [2.05, 4.69) is 22.7 Å². The number of carbonyl (C=O) groups excluding carboxylic acids is 1. The largest absolute Gasteiger partial charge is 0.380 e. The molecule has 4 aromatic rings. The zero-order valence-electron chi connectivity index (χ0n) is 21.4. The molecule has 3 heterocycles. The maximum Gasteiger partial charge on any atom is 0.259 e. The second-order valence-electron chi connectivity index (χ2n) is 9.46. The molecule has 8 heteroatoms. The number of amides is 1. The number of ether oxygens (including phenoxy) is 1. The summed E-state index contributed by atoms with van der Waals surface area (Å²) in [7, 11) is 1.68. The summed E-state index contributed by atoms with van der Waals surface area (Å²) < 4.78 is 7.12. The number of carbonyl (C=O) groups is 1. The molecule has 1 aromatic heterocycles. The molecule has 192 valence electrons. The number of para-hydroxylation sites is 1. The van der Waals surface area contributed by atoms with E-state index in [0.717, 1.165) is 58.0 Å². The van der Waals surface area contributed by atoms with Crippen molar-refractivity contribution in [2.75, 3.05) is 18.6 Å². The number of aromatic nitrogens is 3. The van der Waals surface area contributed by atoms with Gasteiger partial charge in [-0.15, -0.1) is 5.10 Å². The summed E-state index contributed by atoms with van der Waals surface area (Å²) in [6.07, 6.45) is 2.59. The van der Waals surface area contributed by atoms with Gasteiger partial charge >= 0.3 is 0 Å². The molecule has 0 radical (unpaired) electrons.